The molecule has 2 atom stereocenters. The van der Waals surface area contributed by atoms with Crippen LogP contribution in [-0.4, -0.2) is 30.7 Å². The number of amides is 1. The Balaban J connectivity index is 2.19. The fraction of sp³-hybridized carbons (Fsp3) is 0.923. The fourth-order valence-corrected chi connectivity index (χ4v) is 2.07. The van der Waals surface area contributed by atoms with E-state index in [-0.39, 0.29) is 24.2 Å². The Labute approximate surface area is 104 Å². The Hall–Kier alpha value is -0.610. The molecule has 2 unspecified atom stereocenters. The second kappa shape index (κ2) is 6.36. The summed E-state index contributed by atoms with van der Waals surface area (Å²) in [5, 5.41) is 2.91. The van der Waals surface area contributed by atoms with Gasteiger partial charge in [-0.1, -0.05) is 12.8 Å². The van der Waals surface area contributed by atoms with Crippen LogP contribution < -0.4 is 11.1 Å². The van der Waals surface area contributed by atoms with E-state index in [1.807, 2.05) is 20.8 Å². The van der Waals surface area contributed by atoms with Crippen LogP contribution in [0.3, 0.4) is 0 Å². The summed E-state index contributed by atoms with van der Waals surface area (Å²) in [6, 6.07) is 0.243. The lowest BCUT2D eigenvalue weighted by Crippen LogP contribution is -2.42. The SMILES string of the molecule is CC(C)(C)OCC(=O)NCC1CCCCC1N. The van der Waals surface area contributed by atoms with Gasteiger partial charge in [0.25, 0.3) is 0 Å². The Morgan fingerprint density at radius 1 is 1.35 bits per heavy atom. The molecule has 1 aliphatic rings. The van der Waals surface area contributed by atoms with Crippen LogP contribution in [0.25, 0.3) is 0 Å². The molecule has 100 valence electrons. The summed E-state index contributed by atoms with van der Waals surface area (Å²) in [6.45, 7) is 6.64. The van der Waals surface area contributed by atoms with Gasteiger partial charge in [-0.2, -0.15) is 0 Å². The van der Waals surface area contributed by atoms with Crippen molar-refractivity contribution in [2.45, 2.75) is 58.1 Å². The van der Waals surface area contributed by atoms with Gasteiger partial charge in [-0.15, -0.1) is 0 Å². The molecule has 0 heterocycles. The predicted molar refractivity (Wildman–Crippen MR) is 68.6 cm³/mol. The van der Waals surface area contributed by atoms with E-state index in [0.29, 0.717) is 12.5 Å². The number of carbonyl (C=O) groups excluding carboxylic acids is 1. The average Bonchev–Trinajstić information content (AvgIpc) is 2.24. The first-order valence-corrected chi connectivity index (χ1v) is 6.55. The molecule has 0 spiro atoms. The van der Waals surface area contributed by atoms with Crippen LogP contribution in [0, 0.1) is 5.92 Å². The molecule has 0 aromatic heterocycles. The van der Waals surface area contributed by atoms with Crippen LogP contribution >= 0.6 is 0 Å². The number of ether oxygens (including phenoxy) is 1. The first-order valence-electron chi connectivity index (χ1n) is 6.55. The van der Waals surface area contributed by atoms with Crippen LogP contribution in [0.4, 0.5) is 0 Å². The highest BCUT2D eigenvalue weighted by molar-refractivity contribution is 5.77. The standard InChI is InChI=1S/C13H26N2O2/c1-13(2,3)17-9-12(16)15-8-10-6-4-5-7-11(10)14/h10-11H,4-9,14H2,1-3H3,(H,15,16). The maximum absolute atomic E-state index is 11.6. The summed E-state index contributed by atoms with van der Waals surface area (Å²) in [6.07, 6.45) is 4.66. The minimum absolute atomic E-state index is 0.0438. The molecule has 1 aliphatic carbocycles. The summed E-state index contributed by atoms with van der Waals surface area (Å²) < 4.78 is 5.41. The molecule has 4 nitrogen and oxygen atoms in total. The van der Waals surface area contributed by atoms with E-state index in [9.17, 15) is 4.79 Å². The van der Waals surface area contributed by atoms with Gasteiger partial charge >= 0.3 is 0 Å². The molecule has 0 aromatic carbocycles. The van der Waals surface area contributed by atoms with Crippen LogP contribution in [0.2, 0.25) is 0 Å². The third kappa shape index (κ3) is 6.03. The Bertz CT molecular complexity index is 248. The molecule has 1 fully saturated rings. The van der Waals surface area contributed by atoms with E-state index in [0.717, 1.165) is 12.8 Å². The van der Waals surface area contributed by atoms with Crippen molar-refractivity contribution in [2.24, 2.45) is 11.7 Å². The molecule has 0 aliphatic heterocycles. The van der Waals surface area contributed by atoms with Gasteiger partial charge in [-0.25, -0.2) is 0 Å². The molecular formula is C13H26N2O2. The van der Waals surface area contributed by atoms with Crippen molar-refractivity contribution in [1.82, 2.24) is 5.32 Å². The number of carbonyl (C=O) groups is 1. The molecule has 1 rings (SSSR count). The molecule has 3 N–H and O–H groups in total. The molecule has 1 amide bonds. The van der Waals surface area contributed by atoms with Crippen LogP contribution in [0.15, 0.2) is 0 Å². The van der Waals surface area contributed by atoms with Gasteiger partial charge in [0.1, 0.15) is 6.61 Å². The number of nitrogens with two attached hydrogens (primary N) is 1. The zero-order valence-corrected chi connectivity index (χ0v) is 11.3. The van der Waals surface area contributed by atoms with Gasteiger partial charge in [0.05, 0.1) is 5.60 Å². The Kier molecular flexibility index (Phi) is 5.40. The van der Waals surface area contributed by atoms with Crippen molar-refractivity contribution >= 4 is 5.91 Å². The monoisotopic (exact) mass is 242 g/mol. The van der Waals surface area contributed by atoms with E-state index < -0.39 is 0 Å². The molecule has 17 heavy (non-hydrogen) atoms. The quantitative estimate of drug-likeness (QED) is 0.784. The highest BCUT2D eigenvalue weighted by Gasteiger charge is 2.22. The first-order chi connectivity index (χ1) is 7.88. The lowest BCUT2D eigenvalue weighted by atomic mass is 9.85. The maximum atomic E-state index is 11.6. The van der Waals surface area contributed by atoms with E-state index in [1.165, 1.54) is 12.8 Å². The number of hydrogen-bond acceptors (Lipinski definition) is 3. The maximum Gasteiger partial charge on any atom is 0.246 e. The molecule has 1 saturated carbocycles. The molecule has 0 radical (unpaired) electrons. The van der Waals surface area contributed by atoms with Crippen LogP contribution in [-0.2, 0) is 9.53 Å². The zero-order valence-electron chi connectivity index (χ0n) is 11.3. The highest BCUT2D eigenvalue weighted by Crippen LogP contribution is 2.22. The summed E-state index contributed by atoms with van der Waals surface area (Å²) >= 11 is 0. The predicted octanol–water partition coefficient (Wildman–Crippen LogP) is 1.44. The van der Waals surface area contributed by atoms with Crippen LogP contribution in [0.5, 0.6) is 0 Å². The largest absolute Gasteiger partial charge is 0.366 e. The van der Waals surface area contributed by atoms with Gasteiger partial charge in [0.15, 0.2) is 0 Å². The second-order valence-corrected chi connectivity index (χ2v) is 5.91. The van der Waals surface area contributed by atoms with Crippen molar-refractivity contribution in [1.29, 1.82) is 0 Å². The lowest BCUT2D eigenvalue weighted by molar-refractivity contribution is -0.130. The van der Waals surface area contributed by atoms with Crippen LogP contribution in [0.1, 0.15) is 46.5 Å². The summed E-state index contributed by atoms with van der Waals surface area (Å²) in [5.41, 5.74) is 5.76. The van der Waals surface area contributed by atoms with Crippen molar-refractivity contribution in [3.8, 4) is 0 Å². The number of hydrogen-bond donors (Lipinski definition) is 2. The summed E-state index contributed by atoms with van der Waals surface area (Å²) in [4.78, 5) is 11.6. The topological polar surface area (TPSA) is 64.3 Å². The van der Waals surface area contributed by atoms with Gasteiger partial charge in [-0.3, -0.25) is 4.79 Å². The summed E-state index contributed by atoms with van der Waals surface area (Å²) in [5.74, 6) is 0.389. The third-order valence-corrected chi connectivity index (χ3v) is 3.17. The van der Waals surface area contributed by atoms with Gasteiger partial charge in [-0.05, 0) is 39.5 Å². The highest BCUT2D eigenvalue weighted by atomic mass is 16.5. The van der Waals surface area contributed by atoms with Crippen molar-refractivity contribution in [3.05, 3.63) is 0 Å². The minimum Gasteiger partial charge on any atom is -0.366 e. The average molecular weight is 242 g/mol. The first kappa shape index (κ1) is 14.5. The molecule has 0 saturated heterocycles. The minimum atomic E-state index is -0.265. The second-order valence-electron chi connectivity index (χ2n) is 5.91. The van der Waals surface area contributed by atoms with Crippen molar-refractivity contribution < 1.29 is 9.53 Å². The smallest absolute Gasteiger partial charge is 0.246 e. The third-order valence-electron chi connectivity index (χ3n) is 3.17. The normalized spacial score (nSPS) is 25.6. The van der Waals surface area contributed by atoms with Gasteiger partial charge in [0.2, 0.25) is 5.91 Å². The fourth-order valence-electron chi connectivity index (χ4n) is 2.07. The van der Waals surface area contributed by atoms with Crippen molar-refractivity contribution in [2.75, 3.05) is 13.2 Å². The van der Waals surface area contributed by atoms with Gasteiger partial charge < -0.3 is 15.8 Å². The summed E-state index contributed by atoms with van der Waals surface area (Å²) in [7, 11) is 0. The van der Waals surface area contributed by atoms with Crippen molar-refractivity contribution in [3.63, 3.8) is 0 Å². The molecule has 0 bridgehead atoms. The Morgan fingerprint density at radius 2 is 2.00 bits per heavy atom. The molecular weight excluding hydrogens is 216 g/mol. The Morgan fingerprint density at radius 3 is 2.59 bits per heavy atom. The van der Waals surface area contributed by atoms with E-state index in [2.05, 4.69) is 5.32 Å². The molecule has 4 heteroatoms. The van der Waals surface area contributed by atoms with E-state index >= 15 is 0 Å². The van der Waals surface area contributed by atoms with E-state index in [4.69, 9.17) is 10.5 Å². The zero-order chi connectivity index (χ0) is 12.9. The number of rotatable bonds is 4. The van der Waals surface area contributed by atoms with E-state index in [1.54, 1.807) is 0 Å². The number of nitrogens with one attached hydrogen (secondary N) is 1. The van der Waals surface area contributed by atoms with Gasteiger partial charge in [0, 0.05) is 12.6 Å². The molecule has 0 aromatic rings. The lowest BCUT2D eigenvalue weighted by Gasteiger charge is -2.28.